The Labute approximate surface area is 618 Å². The second-order valence-corrected chi connectivity index (χ2v) is 30.0. The summed E-state index contributed by atoms with van der Waals surface area (Å²) < 4.78 is 63.6. The Hall–Kier alpha value is -8.73. The molecule has 106 heavy (non-hydrogen) atoms. The van der Waals surface area contributed by atoms with Gasteiger partial charge in [-0.3, -0.25) is 28.8 Å². The maximum Gasteiger partial charge on any atom is 0.508 e. The van der Waals surface area contributed by atoms with Crippen LogP contribution in [0.15, 0.2) is 144 Å². The van der Waals surface area contributed by atoms with Gasteiger partial charge >= 0.3 is 47.4 Å². The predicted molar refractivity (Wildman–Crippen MR) is 374 cm³/mol. The highest BCUT2D eigenvalue weighted by molar-refractivity contribution is 6.61. The van der Waals surface area contributed by atoms with Crippen molar-refractivity contribution in [2.45, 2.75) is 213 Å². The van der Waals surface area contributed by atoms with Gasteiger partial charge in [-0.15, -0.1) is 0 Å². The Balaban J connectivity index is 0.000000215. The molecule has 0 spiro atoms. The van der Waals surface area contributed by atoms with Crippen LogP contribution >= 0.6 is 11.6 Å². The van der Waals surface area contributed by atoms with Crippen molar-refractivity contribution in [3.05, 3.63) is 166 Å². The SMILES string of the molecule is C.CC(=O)O[C@H]1C(=O)[C@@]2(C)C([C@H](OC(=O)c3ccccc3)[C@]3(O)C[C@H](O)C(C)=C1C3(C)C)[C@]1(OC(C)=O)CO[C@@H]1C[C@@H]2O.CC(=O)O[C@H]1C(=O)[C@@]2(C)C([C@H](OC(=O)c3ccccc3)[C@]3(O)C[C@H](O)C(C)=C1C3(C)C)[C@]1(OC(C)=O)CO[C@@H]1C[C@@H]2OC(=O)OCc1ccccc1.O=C(Cl)OCc1ccccc1. The van der Waals surface area contributed by atoms with Crippen LogP contribution in [-0.2, 0) is 94.1 Å². The van der Waals surface area contributed by atoms with Crippen LogP contribution in [0.2, 0.25) is 0 Å². The number of esters is 6. The zero-order valence-corrected chi connectivity index (χ0v) is 61.1. The predicted octanol–water partition coefficient (Wildman–Crippen LogP) is 8.86. The summed E-state index contributed by atoms with van der Waals surface area (Å²) in [6, 6.07) is 34.2. The summed E-state index contributed by atoms with van der Waals surface area (Å²) in [6.07, 6.45) is -16.2. The zero-order valence-electron chi connectivity index (χ0n) is 60.3. The molecular formula is C79H93ClO26. The monoisotopic (exact) mass is 1490 g/mol. The molecule has 26 nitrogen and oxygen atoms in total. The van der Waals surface area contributed by atoms with Crippen molar-refractivity contribution in [3.63, 3.8) is 0 Å². The van der Waals surface area contributed by atoms with Crippen molar-refractivity contribution in [1.29, 1.82) is 0 Å². The van der Waals surface area contributed by atoms with Crippen LogP contribution in [0.3, 0.4) is 0 Å². The van der Waals surface area contributed by atoms with Crippen LogP contribution in [0.4, 0.5) is 9.59 Å². The second-order valence-electron chi connectivity index (χ2n) is 29.7. The van der Waals surface area contributed by atoms with E-state index in [1.54, 1.807) is 108 Å². The minimum atomic E-state index is -2.21. The molecule has 18 atom stereocenters. The number of ether oxygens (including phenoxy) is 11. The highest BCUT2D eigenvalue weighted by Gasteiger charge is 2.81. The highest BCUT2D eigenvalue weighted by atomic mass is 35.5. The fraction of sp³-hybridized carbons (Fsp3) is 0.519. The Morgan fingerprint density at radius 1 is 0.491 bits per heavy atom. The number of halogens is 1. The average molecular weight is 1490 g/mol. The third-order valence-corrected chi connectivity index (χ3v) is 23.1. The van der Waals surface area contributed by atoms with Gasteiger partial charge < -0.3 is 77.6 Å². The van der Waals surface area contributed by atoms with Crippen LogP contribution in [0, 0.1) is 33.5 Å². The first kappa shape index (κ1) is 81.3. The first-order valence-corrected chi connectivity index (χ1v) is 34.9. The highest BCUT2D eigenvalue weighted by Crippen LogP contribution is 2.67. The molecule has 2 saturated heterocycles. The van der Waals surface area contributed by atoms with Crippen molar-refractivity contribution < 1.29 is 126 Å². The van der Waals surface area contributed by atoms with E-state index in [-0.39, 0.29) is 87.4 Å². The van der Waals surface area contributed by atoms with Crippen molar-refractivity contribution in [2.75, 3.05) is 13.2 Å². The molecule has 6 aliphatic carbocycles. The summed E-state index contributed by atoms with van der Waals surface area (Å²) in [6.45, 7) is 16.8. The van der Waals surface area contributed by atoms with E-state index in [2.05, 4.69) is 4.74 Å². The van der Waals surface area contributed by atoms with E-state index in [0.29, 0.717) is 11.1 Å². The van der Waals surface area contributed by atoms with E-state index in [4.69, 9.17) is 59.0 Å². The van der Waals surface area contributed by atoms with Gasteiger partial charge in [-0.05, 0) is 85.4 Å². The van der Waals surface area contributed by atoms with Gasteiger partial charge in [0.2, 0.25) is 0 Å². The number of benzene rings is 4. The number of Topliss-reactive ketones (excluding diaryl/α,β-unsaturated/α-hetero) is 2. The molecule has 4 bridgehead atoms. The maximum absolute atomic E-state index is 15.5. The van der Waals surface area contributed by atoms with Crippen molar-refractivity contribution >= 4 is 70.6 Å². The molecular weight excluding hydrogens is 1400 g/mol. The Kier molecular flexibility index (Phi) is 23.7. The molecule has 4 saturated carbocycles. The van der Waals surface area contributed by atoms with E-state index >= 15 is 4.79 Å². The van der Waals surface area contributed by atoms with Gasteiger partial charge in [0.25, 0.3) is 0 Å². The lowest BCUT2D eigenvalue weighted by Crippen LogP contribution is -2.82. The molecule has 0 amide bonds. The molecule has 572 valence electrons. The average Bonchev–Trinajstić information content (AvgIpc) is 0.674. The lowest BCUT2D eigenvalue weighted by Gasteiger charge is -2.67. The van der Waals surface area contributed by atoms with E-state index in [9.17, 15) is 68.7 Å². The summed E-state index contributed by atoms with van der Waals surface area (Å²) in [5.41, 5.74) is -12.5. The summed E-state index contributed by atoms with van der Waals surface area (Å²) in [7, 11) is 0. The van der Waals surface area contributed by atoms with E-state index in [1.165, 1.54) is 52.0 Å². The standard InChI is InChI=1S/C39H44O13.C31H38O11.C8H7ClO2.CH4/c1-21-26(42)18-39(46)33(51-34(44)25-15-11-8-12-16-25)31-37(6,32(43)30(49-22(2)40)29(21)36(39,4)5)27(17-28-38(31,20-48-28)52-23(3)41)50-35(45)47-19-24-13-9-7-10-14-24;1-15-19(34)13-31(38)26(41-27(37)18-10-8-7-9-11-18)24-29(6,20(35)12-21-30(24,14-39-21)42-17(3)33)25(36)23(40-16(2)32)22(15)28(31,4)5;9-8(10)11-6-7-4-2-1-3-5-7;/h7-16,26-28,30-31,33,42,46H,17-20H2,1-6H3;7-11,19-21,23-24,26,34-35,38H,12-14H2,1-6H3;1-5H,6H2;1H4/t26-,27-,28+,30+,31?,33-,37+,38-,39+;19-,20-,21+,23+,24?,26-,29+,30-,31+;;/m00../s1. The van der Waals surface area contributed by atoms with E-state index in [0.717, 1.165) is 19.4 Å². The van der Waals surface area contributed by atoms with Crippen molar-refractivity contribution in [3.8, 4) is 0 Å². The molecule has 5 N–H and O–H groups in total. The number of aliphatic hydroxyl groups is 5. The maximum atomic E-state index is 15.5. The first-order valence-electron chi connectivity index (χ1n) is 34.5. The molecule has 12 rings (SSSR count). The number of carbonyl (C=O) groups excluding carboxylic acids is 10. The van der Waals surface area contributed by atoms with Crippen LogP contribution in [-0.4, -0.2) is 181 Å². The fourth-order valence-corrected chi connectivity index (χ4v) is 17.6. The Morgan fingerprint density at radius 3 is 1.21 bits per heavy atom. The molecule has 27 heteroatoms. The number of hydrogen-bond acceptors (Lipinski definition) is 26. The number of rotatable bonds is 13. The molecule has 2 aliphatic heterocycles. The van der Waals surface area contributed by atoms with Gasteiger partial charge in [0.1, 0.15) is 54.9 Å². The summed E-state index contributed by atoms with van der Waals surface area (Å²) in [5, 5.41) is 60.5. The Bertz CT molecular complexity index is 4090. The second kappa shape index (κ2) is 30.9. The molecule has 2 heterocycles. The zero-order chi connectivity index (χ0) is 76.9. The Morgan fingerprint density at radius 2 is 0.849 bits per heavy atom. The van der Waals surface area contributed by atoms with Crippen LogP contribution in [0.1, 0.15) is 148 Å². The third-order valence-electron chi connectivity index (χ3n) is 23.0. The molecule has 4 aromatic carbocycles. The number of hydrogen-bond donors (Lipinski definition) is 5. The number of carbonyl (C=O) groups is 10. The first-order chi connectivity index (χ1) is 49.3. The molecule has 0 radical (unpaired) electrons. The number of ketones is 2. The number of aliphatic hydroxyl groups excluding tert-OH is 3. The summed E-state index contributed by atoms with van der Waals surface area (Å²) >= 11 is 4.97. The molecule has 6 fully saturated rings. The minimum absolute atomic E-state index is 0. The van der Waals surface area contributed by atoms with Crippen LogP contribution in [0.25, 0.3) is 0 Å². The molecule has 2 unspecified atom stereocenters. The largest absolute Gasteiger partial charge is 0.508 e. The topological polar surface area (TPSA) is 373 Å². The normalized spacial score (nSPS) is 33.9. The van der Waals surface area contributed by atoms with Crippen LogP contribution in [0.5, 0.6) is 0 Å². The van der Waals surface area contributed by atoms with E-state index < -0.39 is 176 Å². The minimum Gasteiger partial charge on any atom is -0.455 e. The van der Waals surface area contributed by atoms with E-state index in [1.807, 2.05) is 30.3 Å². The van der Waals surface area contributed by atoms with Gasteiger partial charge in [0.05, 0.1) is 65.3 Å². The molecule has 8 aliphatic rings. The van der Waals surface area contributed by atoms with Gasteiger partial charge in [-0.25, -0.2) is 19.2 Å². The van der Waals surface area contributed by atoms with Gasteiger partial charge in [0, 0.05) is 75.8 Å². The third kappa shape index (κ3) is 14.3. The number of fused-ring (bicyclic) bond motifs is 10. The van der Waals surface area contributed by atoms with Gasteiger partial charge in [-0.2, -0.15) is 0 Å². The summed E-state index contributed by atoms with van der Waals surface area (Å²) in [4.78, 5) is 132. The lowest BCUT2D eigenvalue weighted by molar-refractivity contribution is -0.346. The summed E-state index contributed by atoms with van der Waals surface area (Å²) in [5.74, 6) is -9.14. The quantitative estimate of drug-likeness (QED) is 0.0361. The lowest BCUT2D eigenvalue weighted by atomic mass is 9.44. The van der Waals surface area contributed by atoms with Gasteiger partial charge in [0.15, 0.2) is 35.0 Å². The van der Waals surface area contributed by atoms with Crippen molar-refractivity contribution in [2.24, 2.45) is 33.5 Å². The van der Waals surface area contributed by atoms with Crippen molar-refractivity contribution in [1.82, 2.24) is 0 Å². The smallest absolute Gasteiger partial charge is 0.455 e. The molecule has 0 aromatic heterocycles. The molecule has 4 aromatic rings. The van der Waals surface area contributed by atoms with Crippen LogP contribution < -0.4 is 0 Å². The fourth-order valence-electron chi connectivity index (χ4n) is 17.5. The van der Waals surface area contributed by atoms with Gasteiger partial charge in [-0.1, -0.05) is 132 Å².